The highest BCUT2D eigenvalue weighted by molar-refractivity contribution is 5.94. The quantitative estimate of drug-likeness (QED) is 0.824. The molecule has 18 heavy (non-hydrogen) atoms. The largest absolute Gasteiger partial charge is 0.496 e. The topological polar surface area (TPSA) is 53.7 Å². The van der Waals surface area contributed by atoms with E-state index < -0.39 is 0 Å². The van der Waals surface area contributed by atoms with Crippen LogP contribution < -0.4 is 15.4 Å². The summed E-state index contributed by atoms with van der Waals surface area (Å²) in [6.07, 6.45) is 0.681. The molecule has 0 spiro atoms. The fourth-order valence-corrected chi connectivity index (χ4v) is 2.14. The van der Waals surface area contributed by atoms with E-state index in [-0.39, 0.29) is 0 Å². The van der Waals surface area contributed by atoms with Crippen LogP contribution in [0.1, 0.15) is 5.56 Å². The third-order valence-corrected chi connectivity index (χ3v) is 2.95. The molecule has 0 bridgehead atoms. The van der Waals surface area contributed by atoms with Gasteiger partial charge >= 0.3 is 0 Å². The molecule has 2 aromatic rings. The summed E-state index contributed by atoms with van der Waals surface area (Å²) >= 11 is 0. The van der Waals surface area contributed by atoms with E-state index in [9.17, 15) is 0 Å². The van der Waals surface area contributed by atoms with Gasteiger partial charge in [-0.1, -0.05) is 24.3 Å². The van der Waals surface area contributed by atoms with Crippen molar-refractivity contribution in [3.05, 3.63) is 35.9 Å². The second-order valence-electron chi connectivity index (χ2n) is 3.94. The fraction of sp³-hybridized carbons (Fsp3) is 0.286. The zero-order chi connectivity index (χ0) is 13.0. The minimum Gasteiger partial charge on any atom is -0.496 e. The molecule has 0 aliphatic heterocycles. The predicted octanol–water partition coefficient (Wildman–Crippen LogP) is 2.29. The summed E-state index contributed by atoms with van der Waals surface area (Å²) in [4.78, 5) is 4.63. The van der Waals surface area contributed by atoms with E-state index in [1.54, 1.807) is 14.2 Å². The molecule has 96 valence electrons. The van der Waals surface area contributed by atoms with Crippen molar-refractivity contribution in [1.82, 2.24) is 0 Å². The Hall–Kier alpha value is -1.78. The summed E-state index contributed by atoms with van der Waals surface area (Å²) in [5.74, 6) is 6.76. The molecule has 0 aromatic heterocycles. The molecule has 0 radical (unpaired) electrons. The van der Waals surface area contributed by atoms with E-state index in [2.05, 4.69) is 4.84 Å². The zero-order valence-corrected chi connectivity index (χ0v) is 10.6. The summed E-state index contributed by atoms with van der Waals surface area (Å²) < 4.78 is 10.9. The Kier molecular flexibility index (Phi) is 4.02. The van der Waals surface area contributed by atoms with Crippen molar-refractivity contribution in [1.29, 1.82) is 0 Å². The third kappa shape index (κ3) is 2.25. The highest BCUT2D eigenvalue weighted by Gasteiger charge is 2.12. The monoisotopic (exact) mass is 247 g/mol. The summed E-state index contributed by atoms with van der Waals surface area (Å²) in [5, 5.41) is 2.07. The summed E-state index contributed by atoms with van der Waals surface area (Å²) in [6, 6.07) is 9.96. The van der Waals surface area contributed by atoms with Crippen LogP contribution in [0, 0.1) is 0 Å². The first-order valence-corrected chi connectivity index (χ1v) is 5.76. The van der Waals surface area contributed by atoms with E-state index in [0.29, 0.717) is 13.0 Å². The van der Waals surface area contributed by atoms with Gasteiger partial charge in [0, 0.05) is 22.8 Å². The molecule has 0 aliphatic rings. The van der Waals surface area contributed by atoms with Crippen molar-refractivity contribution >= 4 is 10.8 Å². The second-order valence-corrected chi connectivity index (χ2v) is 3.94. The van der Waals surface area contributed by atoms with Gasteiger partial charge in [-0.25, -0.2) is 5.90 Å². The molecular formula is C14H17NO3. The van der Waals surface area contributed by atoms with Crippen LogP contribution in [0.2, 0.25) is 0 Å². The van der Waals surface area contributed by atoms with Crippen LogP contribution in [0.4, 0.5) is 0 Å². The van der Waals surface area contributed by atoms with Crippen molar-refractivity contribution in [3.63, 3.8) is 0 Å². The Labute approximate surface area is 106 Å². The first-order chi connectivity index (χ1) is 8.81. The van der Waals surface area contributed by atoms with Gasteiger partial charge in [0.25, 0.3) is 0 Å². The van der Waals surface area contributed by atoms with Gasteiger partial charge in [-0.2, -0.15) is 0 Å². The lowest BCUT2D eigenvalue weighted by Crippen LogP contribution is -2.05. The van der Waals surface area contributed by atoms with Crippen molar-refractivity contribution < 1.29 is 14.3 Å². The molecular weight excluding hydrogens is 230 g/mol. The maximum absolute atomic E-state index is 5.50. The highest BCUT2D eigenvalue weighted by atomic mass is 16.6. The number of benzene rings is 2. The molecule has 4 nitrogen and oxygen atoms in total. The van der Waals surface area contributed by atoms with Crippen molar-refractivity contribution in [2.45, 2.75) is 6.42 Å². The number of methoxy groups -OCH3 is 2. The highest BCUT2D eigenvalue weighted by Crippen LogP contribution is 2.36. The predicted molar refractivity (Wildman–Crippen MR) is 70.9 cm³/mol. The second kappa shape index (κ2) is 5.71. The summed E-state index contributed by atoms with van der Waals surface area (Å²) in [5.41, 5.74) is 1.03. The Morgan fingerprint density at radius 1 is 1.06 bits per heavy atom. The molecule has 2 aromatic carbocycles. The lowest BCUT2D eigenvalue weighted by Gasteiger charge is -2.14. The molecule has 0 fully saturated rings. The van der Waals surface area contributed by atoms with Gasteiger partial charge in [0.1, 0.15) is 11.5 Å². The van der Waals surface area contributed by atoms with E-state index in [4.69, 9.17) is 15.4 Å². The number of nitrogens with two attached hydrogens (primary N) is 1. The van der Waals surface area contributed by atoms with Crippen LogP contribution in [0.3, 0.4) is 0 Å². The maximum Gasteiger partial charge on any atom is 0.130 e. The van der Waals surface area contributed by atoms with Crippen molar-refractivity contribution in [3.8, 4) is 11.5 Å². The lowest BCUT2D eigenvalue weighted by atomic mass is 10.0. The number of hydrogen-bond acceptors (Lipinski definition) is 4. The van der Waals surface area contributed by atoms with Gasteiger partial charge in [0.15, 0.2) is 0 Å². The van der Waals surface area contributed by atoms with Crippen LogP contribution in [-0.4, -0.2) is 20.8 Å². The van der Waals surface area contributed by atoms with Crippen molar-refractivity contribution in [2.75, 3.05) is 20.8 Å². The minimum atomic E-state index is 0.442. The summed E-state index contributed by atoms with van der Waals surface area (Å²) in [7, 11) is 3.33. The van der Waals surface area contributed by atoms with E-state index >= 15 is 0 Å². The molecule has 4 heteroatoms. The third-order valence-electron chi connectivity index (χ3n) is 2.95. The average Bonchev–Trinajstić information content (AvgIpc) is 2.43. The standard InChI is InChI=1S/C14H17NO3/c1-16-13-9-10(7-8-18-15)14(17-2)12-6-4-3-5-11(12)13/h3-6,9H,7-8,15H2,1-2H3. The molecule has 0 atom stereocenters. The number of ether oxygens (including phenoxy) is 2. The average molecular weight is 247 g/mol. The maximum atomic E-state index is 5.50. The lowest BCUT2D eigenvalue weighted by molar-refractivity contribution is 0.140. The van der Waals surface area contributed by atoms with Crippen LogP contribution >= 0.6 is 0 Å². The Balaban J connectivity index is 2.62. The Bertz CT molecular complexity index is 540. The van der Waals surface area contributed by atoms with Gasteiger partial charge in [0.05, 0.1) is 20.8 Å². The van der Waals surface area contributed by atoms with Crippen molar-refractivity contribution in [2.24, 2.45) is 5.90 Å². The number of hydrogen-bond donors (Lipinski definition) is 1. The minimum absolute atomic E-state index is 0.442. The Morgan fingerprint density at radius 2 is 1.78 bits per heavy atom. The normalized spacial score (nSPS) is 10.6. The van der Waals surface area contributed by atoms with Gasteiger partial charge in [-0.3, -0.25) is 0 Å². The number of fused-ring (bicyclic) bond motifs is 1. The molecule has 0 aliphatic carbocycles. The summed E-state index contributed by atoms with van der Waals surface area (Å²) in [6.45, 7) is 0.442. The van der Waals surface area contributed by atoms with Gasteiger partial charge in [-0.05, 0) is 6.07 Å². The van der Waals surface area contributed by atoms with E-state index in [0.717, 1.165) is 27.8 Å². The van der Waals surface area contributed by atoms with E-state index in [1.165, 1.54) is 0 Å². The number of rotatable bonds is 5. The molecule has 0 heterocycles. The van der Waals surface area contributed by atoms with Crippen LogP contribution in [0.25, 0.3) is 10.8 Å². The van der Waals surface area contributed by atoms with E-state index in [1.807, 2.05) is 30.3 Å². The molecule has 2 rings (SSSR count). The zero-order valence-electron chi connectivity index (χ0n) is 10.6. The molecule has 0 saturated carbocycles. The van der Waals surface area contributed by atoms with Crippen LogP contribution in [-0.2, 0) is 11.3 Å². The smallest absolute Gasteiger partial charge is 0.130 e. The SMILES string of the molecule is COc1cc(CCON)c(OC)c2ccccc12. The molecule has 0 saturated heterocycles. The molecule has 2 N–H and O–H groups in total. The van der Waals surface area contributed by atoms with Gasteiger partial charge in [-0.15, -0.1) is 0 Å². The van der Waals surface area contributed by atoms with Crippen LogP contribution in [0.15, 0.2) is 30.3 Å². The fourth-order valence-electron chi connectivity index (χ4n) is 2.14. The van der Waals surface area contributed by atoms with Gasteiger partial charge < -0.3 is 14.3 Å². The Morgan fingerprint density at radius 3 is 2.39 bits per heavy atom. The first kappa shape index (κ1) is 12.7. The van der Waals surface area contributed by atoms with Crippen LogP contribution in [0.5, 0.6) is 11.5 Å². The first-order valence-electron chi connectivity index (χ1n) is 5.76. The molecule has 0 unspecified atom stereocenters. The molecule has 0 amide bonds. The van der Waals surface area contributed by atoms with Gasteiger partial charge in [0.2, 0.25) is 0 Å².